The van der Waals surface area contributed by atoms with E-state index < -0.39 is 32.5 Å². The lowest BCUT2D eigenvalue weighted by molar-refractivity contribution is 0.0687. The van der Waals surface area contributed by atoms with Crippen LogP contribution in [0.5, 0.6) is 0 Å². The first-order valence-electron chi connectivity index (χ1n) is 7.70. The molecule has 0 unspecified atom stereocenters. The number of aliphatic hydroxyl groups is 5. The molecule has 9 heteroatoms. The number of benzene rings is 1. The number of aromatic amines is 1. The Kier molecular flexibility index (Phi) is 6.61. The second-order valence-electron chi connectivity index (χ2n) is 5.39. The Morgan fingerprint density at radius 3 is 2.12 bits per heavy atom. The number of rotatable bonds is 8. The van der Waals surface area contributed by atoms with Gasteiger partial charge in [0.25, 0.3) is 0 Å². The van der Waals surface area contributed by atoms with Gasteiger partial charge in [-0.1, -0.05) is 12.1 Å². The van der Waals surface area contributed by atoms with Gasteiger partial charge in [0.15, 0.2) is 0 Å². The monoisotopic (exact) mass is 364 g/mol. The molecule has 7 N–H and O–H groups in total. The van der Waals surface area contributed by atoms with Gasteiger partial charge in [-0.05, 0) is 22.3 Å². The normalized spacial score (nSPS) is 11.4. The lowest BCUT2D eigenvalue weighted by Crippen LogP contribution is -2.05. The first kappa shape index (κ1) is 19.8. The van der Waals surface area contributed by atoms with Gasteiger partial charge in [-0.15, -0.1) is 0 Å². The third-order valence-corrected chi connectivity index (χ3v) is 4.09. The van der Waals surface area contributed by atoms with Gasteiger partial charge in [-0.2, -0.15) is 0 Å². The van der Waals surface area contributed by atoms with E-state index in [9.17, 15) is 30.3 Å². The Labute approximate surface area is 148 Å². The van der Waals surface area contributed by atoms with Crippen molar-refractivity contribution >= 4 is 12.2 Å². The molecule has 0 amide bonds. The first-order chi connectivity index (χ1) is 12.5. The van der Waals surface area contributed by atoms with Crippen molar-refractivity contribution in [2.75, 3.05) is 6.73 Å². The lowest BCUT2D eigenvalue weighted by Gasteiger charge is -2.16. The van der Waals surface area contributed by atoms with Gasteiger partial charge >= 0.3 is 5.97 Å². The number of carboxylic acid groups (broad SMARTS) is 1. The summed E-state index contributed by atoms with van der Waals surface area (Å²) in [4.78, 5) is 17.8. The zero-order valence-electron chi connectivity index (χ0n) is 13.8. The highest BCUT2D eigenvalue weighted by molar-refractivity contribution is 5.98. The number of aromatic nitrogens is 1. The molecule has 0 fully saturated rings. The molecule has 1 aromatic heterocycles. The first-order valence-corrected chi connectivity index (χ1v) is 7.70. The van der Waals surface area contributed by atoms with Crippen molar-refractivity contribution in [3.8, 4) is 11.1 Å². The summed E-state index contributed by atoms with van der Waals surface area (Å²) < 4.78 is 0. The summed E-state index contributed by atoms with van der Waals surface area (Å²) in [5.74, 6) is -1.29. The van der Waals surface area contributed by atoms with E-state index in [0.29, 0.717) is 22.3 Å². The molecule has 0 atom stereocenters. The highest BCUT2D eigenvalue weighted by Gasteiger charge is 2.24. The van der Waals surface area contributed by atoms with Crippen LogP contribution in [-0.4, -0.2) is 54.5 Å². The van der Waals surface area contributed by atoms with Crippen LogP contribution in [0.1, 0.15) is 38.4 Å². The molecule has 0 aliphatic rings. The van der Waals surface area contributed by atoms with Crippen molar-refractivity contribution in [3.05, 3.63) is 45.8 Å². The van der Waals surface area contributed by atoms with Crippen molar-refractivity contribution in [3.63, 3.8) is 0 Å². The van der Waals surface area contributed by atoms with Crippen LogP contribution < -0.4 is 0 Å². The van der Waals surface area contributed by atoms with E-state index in [1.54, 1.807) is 12.1 Å². The molecule has 0 aliphatic carbocycles. The van der Waals surface area contributed by atoms with Gasteiger partial charge in [0.1, 0.15) is 12.4 Å². The maximum atomic E-state index is 11.5. The summed E-state index contributed by atoms with van der Waals surface area (Å²) in [6.07, 6.45) is 1.22. The minimum absolute atomic E-state index is 0.0761. The van der Waals surface area contributed by atoms with E-state index in [0.717, 1.165) is 0 Å². The lowest BCUT2D eigenvalue weighted by atomic mass is 9.90. The standard InChI is InChI=1S/C17H20N2O7/c20-4-9-1-2-10(12(6-22)11(9)5-21)15-13(7-23)16(17(25)26)19-14(15)3-18-8-24/h1-3,19-24H,4-8H2,(H,25,26)/b18-3+. The second-order valence-corrected chi connectivity index (χ2v) is 5.39. The van der Waals surface area contributed by atoms with E-state index in [2.05, 4.69) is 9.98 Å². The molecule has 0 spiro atoms. The largest absolute Gasteiger partial charge is 0.477 e. The predicted molar refractivity (Wildman–Crippen MR) is 91.6 cm³/mol. The molecule has 0 saturated heterocycles. The molecule has 1 heterocycles. The van der Waals surface area contributed by atoms with Crippen LogP contribution in [0.25, 0.3) is 11.1 Å². The molecule has 26 heavy (non-hydrogen) atoms. The van der Waals surface area contributed by atoms with Crippen molar-refractivity contribution in [1.82, 2.24) is 4.98 Å². The average Bonchev–Trinajstić information content (AvgIpc) is 3.03. The number of hydrogen-bond acceptors (Lipinski definition) is 7. The van der Waals surface area contributed by atoms with Crippen LogP contribution >= 0.6 is 0 Å². The Bertz CT molecular complexity index is 827. The Hall–Kier alpha value is -2.56. The Morgan fingerprint density at radius 2 is 1.62 bits per heavy atom. The summed E-state index contributed by atoms with van der Waals surface area (Å²) in [5.41, 5.74) is 1.74. The summed E-state index contributed by atoms with van der Waals surface area (Å²) in [7, 11) is 0. The van der Waals surface area contributed by atoms with Crippen LogP contribution in [0.3, 0.4) is 0 Å². The zero-order chi connectivity index (χ0) is 19.3. The van der Waals surface area contributed by atoms with Crippen LogP contribution in [-0.2, 0) is 26.4 Å². The summed E-state index contributed by atoms with van der Waals surface area (Å²) in [6.45, 7) is -2.38. The molecule has 0 saturated carbocycles. The van der Waals surface area contributed by atoms with Gasteiger partial charge in [0, 0.05) is 17.3 Å². The molecular formula is C17H20N2O7. The van der Waals surface area contributed by atoms with Crippen molar-refractivity contribution < 1.29 is 35.4 Å². The summed E-state index contributed by atoms with van der Waals surface area (Å²) in [5, 5.41) is 56.8. The quantitative estimate of drug-likeness (QED) is 0.316. The minimum atomic E-state index is -1.29. The van der Waals surface area contributed by atoms with E-state index >= 15 is 0 Å². The SMILES string of the molecule is O=C(O)c1[nH]c(/C=N/CO)c(-c2ccc(CO)c(CO)c2CO)c1CO. The van der Waals surface area contributed by atoms with Crippen LogP contribution in [0.4, 0.5) is 0 Å². The Morgan fingerprint density at radius 1 is 0.962 bits per heavy atom. The highest BCUT2D eigenvalue weighted by atomic mass is 16.4. The fraction of sp³-hybridized carbons (Fsp3) is 0.294. The van der Waals surface area contributed by atoms with Gasteiger partial charge in [-0.25, -0.2) is 4.79 Å². The molecule has 0 radical (unpaired) electrons. The topological polar surface area (TPSA) is 167 Å². The average molecular weight is 364 g/mol. The van der Waals surface area contributed by atoms with Crippen LogP contribution in [0.2, 0.25) is 0 Å². The van der Waals surface area contributed by atoms with Gasteiger partial charge in [0.05, 0.1) is 32.1 Å². The van der Waals surface area contributed by atoms with E-state index in [-0.39, 0.29) is 29.1 Å². The number of carboxylic acids is 1. The van der Waals surface area contributed by atoms with E-state index in [1.165, 1.54) is 6.21 Å². The smallest absolute Gasteiger partial charge is 0.352 e. The van der Waals surface area contributed by atoms with E-state index in [4.69, 9.17) is 5.11 Å². The van der Waals surface area contributed by atoms with Crippen molar-refractivity contribution in [2.24, 2.45) is 4.99 Å². The predicted octanol–water partition coefficient (Wildman–Crippen LogP) is -0.282. The van der Waals surface area contributed by atoms with Crippen LogP contribution in [0.15, 0.2) is 17.1 Å². The number of aromatic carboxylic acids is 1. The molecule has 9 nitrogen and oxygen atoms in total. The highest BCUT2D eigenvalue weighted by Crippen LogP contribution is 2.35. The number of aliphatic imine (C=N–C) groups is 1. The fourth-order valence-corrected chi connectivity index (χ4v) is 2.94. The number of aliphatic hydroxyl groups excluding tert-OH is 5. The molecule has 2 rings (SSSR count). The van der Waals surface area contributed by atoms with Crippen LogP contribution in [0, 0.1) is 0 Å². The molecule has 0 aliphatic heterocycles. The summed E-state index contributed by atoms with van der Waals surface area (Å²) in [6, 6.07) is 3.10. The van der Waals surface area contributed by atoms with Gasteiger partial charge in [-0.3, -0.25) is 4.99 Å². The second kappa shape index (κ2) is 8.70. The third kappa shape index (κ3) is 3.52. The van der Waals surface area contributed by atoms with Crippen molar-refractivity contribution in [1.29, 1.82) is 0 Å². The number of nitrogens with zero attached hydrogens (tertiary/aromatic N) is 1. The molecule has 140 valence electrons. The Balaban J connectivity index is 2.86. The minimum Gasteiger partial charge on any atom is -0.477 e. The number of carbonyl (C=O) groups is 1. The number of H-pyrrole nitrogens is 1. The molecular weight excluding hydrogens is 344 g/mol. The fourth-order valence-electron chi connectivity index (χ4n) is 2.94. The molecule has 0 bridgehead atoms. The maximum Gasteiger partial charge on any atom is 0.352 e. The zero-order valence-corrected chi connectivity index (χ0v) is 13.8. The maximum absolute atomic E-state index is 11.5. The number of hydrogen-bond donors (Lipinski definition) is 7. The van der Waals surface area contributed by atoms with E-state index in [1.807, 2.05) is 0 Å². The summed E-state index contributed by atoms with van der Waals surface area (Å²) >= 11 is 0. The van der Waals surface area contributed by atoms with Gasteiger partial charge < -0.3 is 35.6 Å². The molecule has 1 aromatic carbocycles. The molecule has 2 aromatic rings. The van der Waals surface area contributed by atoms with Gasteiger partial charge in [0.2, 0.25) is 0 Å². The number of nitrogens with one attached hydrogen (secondary N) is 1. The third-order valence-electron chi connectivity index (χ3n) is 4.09. The van der Waals surface area contributed by atoms with Crippen molar-refractivity contribution in [2.45, 2.75) is 26.4 Å².